The molecule has 2 aromatic carbocycles. The van der Waals surface area contributed by atoms with Crippen molar-refractivity contribution in [2.75, 3.05) is 6.54 Å². The van der Waals surface area contributed by atoms with E-state index in [9.17, 15) is 4.79 Å². The fraction of sp³-hybridized carbons (Fsp3) is 0.292. The van der Waals surface area contributed by atoms with Gasteiger partial charge >= 0.3 is 0 Å². The van der Waals surface area contributed by atoms with Crippen LogP contribution in [0.25, 0.3) is 0 Å². The van der Waals surface area contributed by atoms with Crippen LogP contribution < -0.4 is 0 Å². The van der Waals surface area contributed by atoms with Gasteiger partial charge in [0.05, 0.1) is 6.54 Å². The van der Waals surface area contributed by atoms with Crippen LogP contribution in [0, 0.1) is 6.92 Å². The lowest BCUT2D eigenvalue weighted by atomic mass is 10.1. The van der Waals surface area contributed by atoms with Crippen LogP contribution in [0.1, 0.15) is 46.9 Å². The van der Waals surface area contributed by atoms with Gasteiger partial charge in [0.2, 0.25) is 0 Å². The lowest BCUT2D eigenvalue weighted by molar-refractivity contribution is 0.0737. The predicted octanol–water partition coefficient (Wildman–Crippen LogP) is 5.94. The molecule has 0 bridgehead atoms. The second kappa shape index (κ2) is 9.61. The van der Waals surface area contributed by atoms with Crippen LogP contribution in [0.4, 0.5) is 0 Å². The van der Waals surface area contributed by atoms with Gasteiger partial charge in [0.15, 0.2) is 0 Å². The number of halogens is 1. The summed E-state index contributed by atoms with van der Waals surface area (Å²) >= 11 is 6.33. The molecule has 1 amide bonds. The summed E-state index contributed by atoms with van der Waals surface area (Å²) < 4.78 is 2.17. The van der Waals surface area contributed by atoms with Crippen molar-refractivity contribution >= 4 is 17.5 Å². The van der Waals surface area contributed by atoms with Gasteiger partial charge in [0, 0.05) is 35.6 Å². The van der Waals surface area contributed by atoms with E-state index in [2.05, 4.69) is 17.6 Å². The number of aromatic nitrogens is 1. The molecule has 0 saturated heterocycles. The zero-order chi connectivity index (χ0) is 19.9. The molecule has 0 radical (unpaired) electrons. The van der Waals surface area contributed by atoms with Crippen molar-refractivity contribution in [1.29, 1.82) is 0 Å². The zero-order valence-electron chi connectivity index (χ0n) is 16.6. The zero-order valence-corrected chi connectivity index (χ0v) is 17.3. The minimum absolute atomic E-state index is 0.0824. The molecule has 0 unspecified atom stereocenters. The Bertz CT molecular complexity index is 914. The molecule has 4 heteroatoms. The van der Waals surface area contributed by atoms with Gasteiger partial charge in [0.1, 0.15) is 0 Å². The number of nitrogens with zero attached hydrogens (tertiary/aromatic N) is 2. The molecule has 3 rings (SSSR count). The van der Waals surface area contributed by atoms with Gasteiger partial charge in [-0.1, -0.05) is 60.8 Å². The first kappa shape index (κ1) is 20.2. The van der Waals surface area contributed by atoms with Crippen molar-refractivity contribution < 1.29 is 4.79 Å². The smallest absolute Gasteiger partial charge is 0.254 e. The van der Waals surface area contributed by atoms with E-state index < -0.39 is 0 Å². The third-order valence-corrected chi connectivity index (χ3v) is 5.31. The van der Waals surface area contributed by atoms with Crippen molar-refractivity contribution in [2.45, 2.75) is 39.8 Å². The van der Waals surface area contributed by atoms with E-state index in [1.807, 2.05) is 72.6 Å². The van der Waals surface area contributed by atoms with Crippen LogP contribution in [-0.4, -0.2) is 21.9 Å². The highest BCUT2D eigenvalue weighted by Crippen LogP contribution is 2.19. The monoisotopic (exact) mass is 394 g/mol. The number of hydrogen-bond donors (Lipinski definition) is 0. The maximum atomic E-state index is 13.1. The molecule has 28 heavy (non-hydrogen) atoms. The Morgan fingerprint density at radius 1 is 1.04 bits per heavy atom. The lowest BCUT2D eigenvalue weighted by Crippen LogP contribution is -2.32. The second-order valence-corrected chi connectivity index (χ2v) is 7.57. The molecule has 0 fully saturated rings. The molecule has 0 N–H and O–H groups in total. The van der Waals surface area contributed by atoms with E-state index in [0.717, 1.165) is 46.8 Å². The van der Waals surface area contributed by atoms with Crippen molar-refractivity contribution in [3.05, 3.63) is 94.3 Å². The first-order chi connectivity index (χ1) is 13.6. The maximum Gasteiger partial charge on any atom is 0.254 e. The van der Waals surface area contributed by atoms with Crippen molar-refractivity contribution in [2.24, 2.45) is 0 Å². The Balaban J connectivity index is 1.80. The molecule has 0 aliphatic heterocycles. The van der Waals surface area contributed by atoms with Gasteiger partial charge in [-0.3, -0.25) is 4.79 Å². The van der Waals surface area contributed by atoms with Crippen LogP contribution in [0.5, 0.6) is 0 Å². The largest absolute Gasteiger partial charge is 0.345 e. The first-order valence-electron chi connectivity index (χ1n) is 9.82. The molecule has 0 aliphatic carbocycles. The van der Waals surface area contributed by atoms with E-state index in [1.54, 1.807) is 0 Å². The molecule has 0 saturated carbocycles. The minimum Gasteiger partial charge on any atom is -0.345 e. The molecule has 0 spiro atoms. The van der Waals surface area contributed by atoms with Gasteiger partial charge in [0.25, 0.3) is 5.91 Å². The highest BCUT2D eigenvalue weighted by atomic mass is 35.5. The van der Waals surface area contributed by atoms with E-state index in [0.29, 0.717) is 13.1 Å². The topological polar surface area (TPSA) is 25.2 Å². The summed E-state index contributed by atoms with van der Waals surface area (Å²) in [5, 5.41) is 0.765. The Labute approximate surface area is 172 Å². The average molecular weight is 395 g/mol. The number of amides is 1. The second-order valence-electron chi connectivity index (χ2n) is 7.17. The van der Waals surface area contributed by atoms with Gasteiger partial charge in [-0.15, -0.1) is 0 Å². The normalized spacial score (nSPS) is 10.8. The number of carbonyl (C=O) groups is 1. The van der Waals surface area contributed by atoms with Crippen LogP contribution in [0.3, 0.4) is 0 Å². The number of benzene rings is 2. The Morgan fingerprint density at radius 3 is 2.50 bits per heavy atom. The molecular weight excluding hydrogens is 368 g/mol. The van der Waals surface area contributed by atoms with Crippen LogP contribution in [-0.2, 0) is 13.1 Å². The first-order valence-corrected chi connectivity index (χ1v) is 10.2. The standard InChI is InChI=1S/C24H27ClN2O/c1-3-4-15-27(24(28)20-13-11-19(2)12-14-20)18-22-9-7-16-26(22)17-21-8-5-6-10-23(21)25/h5-14,16H,3-4,15,17-18H2,1-2H3. The number of hydrogen-bond acceptors (Lipinski definition) is 1. The van der Waals surface area contributed by atoms with Crippen molar-refractivity contribution in [3.8, 4) is 0 Å². The Morgan fingerprint density at radius 2 is 1.79 bits per heavy atom. The molecule has 0 aliphatic rings. The van der Waals surface area contributed by atoms with Crippen molar-refractivity contribution in [3.63, 3.8) is 0 Å². The molecule has 146 valence electrons. The summed E-state index contributed by atoms with van der Waals surface area (Å²) in [6, 6.07) is 19.8. The van der Waals surface area contributed by atoms with Gasteiger partial charge in [-0.05, 0) is 49.2 Å². The van der Waals surface area contributed by atoms with E-state index in [-0.39, 0.29) is 5.91 Å². The number of rotatable bonds is 8. The van der Waals surface area contributed by atoms with Gasteiger partial charge in [-0.25, -0.2) is 0 Å². The predicted molar refractivity (Wildman–Crippen MR) is 116 cm³/mol. The third-order valence-electron chi connectivity index (χ3n) is 4.94. The average Bonchev–Trinajstić information content (AvgIpc) is 3.13. The summed E-state index contributed by atoms with van der Waals surface area (Å²) in [7, 11) is 0. The molecule has 0 atom stereocenters. The fourth-order valence-electron chi connectivity index (χ4n) is 3.23. The Kier molecular flexibility index (Phi) is 6.94. The maximum absolute atomic E-state index is 13.1. The molecule has 1 aromatic heterocycles. The van der Waals surface area contributed by atoms with E-state index in [1.165, 1.54) is 0 Å². The number of carbonyl (C=O) groups excluding carboxylic acids is 1. The molecular formula is C24H27ClN2O. The number of unbranched alkanes of at least 4 members (excludes halogenated alkanes) is 1. The summed E-state index contributed by atoms with van der Waals surface area (Å²) in [5.41, 5.74) is 4.08. The summed E-state index contributed by atoms with van der Waals surface area (Å²) in [5.74, 6) is 0.0824. The van der Waals surface area contributed by atoms with Crippen LogP contribution >= 0.6 is 11.6 Å². The van der Waals surface area contributed by atoms with Crippen LogP contribution in [0.15, 0.2) is 66.9 Å². The molecule has 3 aromatic rings. The van der Waals surface area contributed by atoms with Crippen molar-refractivity contribution in [1.82, 2.24) is 9.47 Å². The van der Waals surface area contributed by atoms with Gasteiger partial charge in [-0.2, -0.15) is 0 Å². The highest BCUT2D eigenvalue weighted by Gasteiger charge is 2.17. The van der Waals surface area contributed by atoms with Crippen LogP contribution in [0.2, 0.25) is 5.02 Å². The summed E-state index contributed by atoms with van der Waals surface area (Å²) in [4.78, 5) is 15.1. The lowest BCUT2D eigenvalue weighted by Gasteiger charge is -2.24. The Hall–Kier alpha value is -2.52. The minimum atomic E-state index is 0.0824. The third kappa shape index (κ3) is 5.05. The van der Waals surface area contributed by atoms with E-state index in [4.69, 9.17) is 11.6 Å². The van der Waals surface area contributed by atoms with E-state index >= 15 is 0 Å². The SMILES string of the molecule is CCCCN(Cc1cccn1Cc1ccccc1Cl)C(=O)c1ccc(C)cc1. The summed E-state index contributed by atoms with van der Waals surface area (Å²) in [6.45, 7) is 6.21. The molecule has 3 nitrogen and oxygen atoms in total. The fourth-order valence-corrected chi connectivity index (χ4v) is 3.43. The summed E-state index contributed by atoms with van der Waals surface area (Å²) in [6.07, 6.45) is 4.09. The molecule has 1 heterocycles. The quantitative estimate of drug-likeness (QED) is 0.464. The number of aryl methyl sites for hydroxylation is 1. The van der Waals surface area contributed by atoms with Gasteiger partial charge < -0.3 is 9.47 Å². The highest BCUT2D eigenvalue weighted by molar-refractivity contribution is 6.31.